The molecule has 1 fully saturated rings. The van der Waals surface area contributed by atoms with Crippen molar-refractivity contribution in [3.05, 3.63) is 59.9 Å². The molecule has 0 saturated carbocycles. The molecule has 180 valence electrons. The molecule has 8 heteroatoms. The first-order valence-corrected chi connectivity index (χ1v) is 11.5. The quantitative estimate of drug-likeness (QED) is 0.518. The Morgan fingerprint density at radius 3 is 2.38 bits per heavy atom. The van der Waals surface area contributed by atoms with E-state index in [-0.39, 0.29) is 11.9 Å². The van der Waals surface area contributed by atoms with Gasteiger partial charge in [-0.25, -0.2) is 9.78 Å². The number of anilines is 1. The number of carbonyl (C=O) groups is 2. The topological polar surface area (TPSA) is 76.9 Å². The second-order valence-corrected chi connectivity index (χ2v) is 9.59. The van der Waals surface area contributed by atoms with Crippen LogP contribution in [0, 0.1) is 0 Å². The van der Waals surface area contributed by atoms with Crippen LogP contribution in [0.5, 0.6) is 0 Å². The Labute approximate surface area is 200 Å². The van der Waals surface area contributed by atoms with Crippen molar-refractivity contribution in [2.45, 2.75) is 32.9 Å². The predicted molar refractivity (Wildman–Crippen MR) is 131 cm³/mol. The summed E-state index contributed by atoms with van der Waals surface area (Å²) in [4.78, 5) is 32.9. The monoisotopic (exact) mass is 464 g/mol. The average molecular weight is 465 g/mol. The van der Waals surface area contributed by atoms with E-state index in [1.54, 1.807) is 12.1 Å². The summed E-state index contributed by atoms with van der Waals surface area (Å²) in [5, 5.41) is 1.08. The van der Waals surface area contributed by atoms with Crippen LogP contribution in [0.25, 0.3) is 11.0 Å². The number of ether oxygens (including phenoxy) is 2. The van der Waals surface area contributed by atoms with Crippen LogP contribution in [0.3, 0.4) is 0 Å². The van der Waals surface area contributed by atoms with Crippen molar-refractivity contribution in [1.82, 2.24) is 14.5 Å². The summed E-state index contributed by atoms with van der Waals surface area (Å²) in [7, 11) is 1.38. The molecular formula is C26H32N4O4. The lowest BCUT2D eigenvalue weighted by Crippen LogP contribution is -2.48. The highest BCUT2D eigenvalue weighted by Crippen LogP contribution is 2.23. The highest BCUT2D eigenvalue weighted by Gasteiger charge is 2.23. The number of hydrogen-bond acceptors (Lipinski definition) is 7. The summed E-state index contributed by atoms with van der Waals surface area (Å²) in [5.41, 5.74) is 3.17. The fourth-order valence-corrected chi connectivity index (χ4v) is 4.15. The number of aromatic nitrogens is 2. The number of esters is 2. The van der Waals surface area contributed by atoms with Crippen LogP contribution in [-0.2, 0) is 20.8 Å². The van der Waals surface area contributed by atoms with Crippen LogP contribution in [0.4, 0.5) is 5.69 Å². The summed E-state index contributed by atoms with van der Waals surface area (Å²) in [6.07, 6.45) is 3.96. The van der Waals surface area contributed by atoms with Crippen molar-refractivity contribution in [3.8, 4) is 0 Å². The molecule has 0 radical (unpaired) electrons. The van der Waals surface area contributed by atoms with E-state index in [2.05, 4.69) is 26.5 Å². The van der Waals surface area contributed by atoms with Crippen molar-refractivity contribution in [1.29, 1.82) is 0 Å². The van der Waals surface area contributed by atoms with Gasteiger partial charge in [-0.1, -0.05) is 12.1 Å². The van der Waals surface area contributed by atoms with Crippen molar-refractivity contribution < 1.29 is 19.1 Å². The Morgan fingerprint density at radius 1 is 1.03 bits per heavy atom. The number of fused-ring (bicyclic) bond motifs is 1. The van der Waals surface area contributed by atoms with E-state index in [1.807, 2.05) is 45.3 Å². The summed E-state index contributed by atoms with van der Waals surface area (Å²) >= 11 is 0. The molecule has 0 aliphatic carbocycles. The molecule has 1 aliphatic rings. The number of pyridine rings is 1. The van der Waals surface area contributed by atoms with Gasteiger partial charge in [-0.3, -0.25) is 9.69 Å². The highest BCUT2D eigenvalue weighted by molar-refractivity contribution is 5.89. The van der Waals surface area contributed by atoms with Crippen LogP contribution in [-0.4, -0.2) is 71.8 Å². The molecule has 4 rings (SSSR count). The number of nitrogens with zero attached hydrogens (tertiary/aromatic N) is 4. The number of methoxy groups -OCH3 is 1. The average Bonchev–Trinajstić information content (AvgIpc) is 3.20. The Bertz CT molecular complexity index is 1160. The lowest BCUT2D eigenvalue weighted by Gasteiger charge is -2.35. The normalized spacial score (nSPS) is 14.9. The summed E-state index contributed by atoms with van der Waals surface area (Å²) in [6, 6.07) is 11.7. The second-order valence-electron chi connectivity index (χ2n) is 9.59. The Kier molecular flexibility index (Phi) is 6.88. The van der Waals surface area contributed by atoms with Gasteiger partial charge in [0, 0.05) is 44.3 Å². The zero-order valence-corrected chi connectivity index (χ0v) is 20.3. The van der Waals surface area contributed by atoms with Gasteiger partial charge in [0.25, 0.3) is 0 Å². The van der Waals surface area contributed by atoms with Crippen LogP contribution >= 0.6 is 0 Å². The first-order chi connectivity index (χ1) is 16.2. The molecule has 0 spiro atoms. The fraction of sp³-hybridized carbons (Fsp3) is 0.423. The Morgan fingerprint density at radius 2 is 1.74 bits per heavy atom. The fourth-order valence-electron chi connectivity index (χ4n) is 4.15. The van der Waals surface area contributed by atoms with E-state index in [0.717, 1.165) is 48.5 Å². The minimum atomic E-state index is -0.455. The maximum atomic E-state index is 12.1. The van der Waals surface area contributed by atoms with Crippen molar-refractivity contribution in [2.75, 3.05) is 44.7 Å². The van der Waals surface area contributed by atoms with Gasteiger partial charge in [-0.15, -0.1) is 0 Å². The summed E-state index contributed by atoms with van der Waals surface area (Å²) in [6.45, 7) is 9.94. The summed E-state index contributed by atoms with van der Waals surface area (Å²) in [5.74, 6) is -0.511. The maximum Gasteiger partial charge on any atom is 0.337 e. The van der Waals surface area contributed by atoms with Gasteiger partial charge in [0.2, 0.25) is 0 Å². The maximum absolute atomic E-state index is 12.1. The van der Waals surface area contributed by atoms with E-state index in [4.69, 9.17) is 14.5 Å². The molecule has 3 heterocycles. The SMILES string of the molecule is COC(=O)c1ccc(Cn2ccc3cc(N4CCN(CC(=O)OC(C)(C)C)CC4)cnc32)cc1. The lowest BCUT2D eigenvalue weighted by molar-refractivity contribution is -0.156. The van der Waals surface area contributed by atoms with Crippen molar-refractivity contribution in [2.24, 2.45) is 0 Å². The third-order valence-corrected chi connectivity index (χ3v) is 5.82. The number of rotatable bonds is 6. The van der Waals surface area contributed by atoms with Crippen LogP contribution < -0.4 is 4.90 Å². The molecule has 1 aromatic carbocycles. The highest BCUT2D eigenvalue weighted by atomic mass is 16.6. The number of benzene rings is 1. The van der Waals surface area contributed by atoms with Gasteiger partial charge >= 0.3 is 11.9 Å². The number of hydrogen-bond donors (Lipinski definition) is 0. The smallest absolute Gasteiger partial charge is 0.337 e. The van der Waals surface area contributed by atoms with Crippen LogP contribution in [0.1, 0.15) is 36.7 Å². The molecule has 0 N–H and O–H groups in total. The van der Waals surface area contributed by atoms with Crippen molar-refractivity contribution >= 4 is 28.7 Å². The molecular weight excluding hydrogens is 432 g/mol. The first kappa shape index (κ1) is 23.8. The van der Waals surface area contributed by atoms with Crippen molar-refractivity contribution in [3.63, 3.8) is 0 Å². The van der Waals surface area contributed by atoms with E-state index >= 15 is 0 Å². The number of carbonyl (C=O) groups excluding carboxylic acids is 2. The molecule has 0 amide bonds. The lowest BCUT2D eigenvalue weighted by atomic mass is 10.1. The zero-order chi connectivity index (χ0) is 24.3. The van der Waals surface area contributed by atoms with Gasteiger partial charge in [0.05, 0.1) is 31.1 Å². The van der Waals surface area contributed by atoms with Gasteiger partial charge in [-0.2, -0.15) is 0 Å². The predicted octanol–water partition coefficient (Wildman–Crippen LogP) is 3.33. The van der Waals surface area contributed by atoms with Crippen LogP contribution in [0.2, 0.25) is 0 Å². The van der Waals surface area contributed by atoms with Crippen LogP contribution in [0.15, 0.2) is 48.8 Å². The van der Waals surface area contributed by atoms with E-state index < -0.39 is 5.60 Å². The largest absolute Gasteiger partial charge is 0.465 e. The molecule has 3 aromatic rings. The minimum Gasteiger partial charge on any atom is -0.465 e. The number of piperazine rings is 1. The summed E-state index contributed by atoms with van der Waals surface area (Å²) < 4.78 is 12.3. The second kappa shape index (κ2) is 9.85. The molecule has 1 saturated heterocycles. The van der Waals surface area contributed by atoms with Gasteiger partial charge in [0.1, 0.15) is 11.2 Å². The molecule has 34 heavy (non-hydrogen) atoms. The van der Waals surface area contributed by atoms with E-state index in [1.165, 1.54) is 7.11 Å². The minimum absolute atomic E-state index is 0.176. The molecule has 1 aliphatic heterocycles. The zero-order valence-electron chi connectivity index (χ0n) is 20.3. The van der Waals surface area contributed by atoms with Gasteiger partial charge in [-0.05, 0) is 50.6 Å². The third kappa shape index (κ3) is 5.75. The van der Waals surface area contributed by atoms with Gasteiger partial charge in [0.15, 0.2) is 0 Å². The molecule has 0 bridgehead atoms. The first-order valence-electron chi connectivity index (χ1n) is 11.5. The molecule has 0 unspecified atom stereocenters. The molecule has 2 aromatic heterocycles. The van der Waals surface area contributed by atoms with Gasteiger partial charge < -0.3 is 18.9 Å². The molecule has 8 nitrogen and oxygen atoms in total. The standard InChI is InChI=1S/C26H32N4O4/c1-26(2,3)34-23(31)18-28-11-13-29(14-12-28)22-15-21-9-10-30(24(21)27-16-22)17-19-5-7-20(8-6-19)25(32)33-4/h5-10,15-16H,11-14,17-18H2,1-4H3. The van der Waals surface area contributed by atoms with E-state index in [9.17, 15) is 9.59 Å². The Balaban J connectivity index is 1.37. The third-order valence-electron chi connectivity index (χ3n) is 5.82. The molecule has 0 atom stereocenters. The van der Waals surface area contributed by atoms with E-state index in [0.29, 0.717) is 18.7 Å². The Hall–Kier alpha value is -3.39.